The van der Waals surface area contributed by atoms with Crippen LogP contribution >= 0.6 is 23.4 Å². The Kier molecular flexibility index (Phi) is 4.90. The van der Waals surface area contributed by atoms with Gasteiger partial charge in [0.2, 0.25) is 5.91 Å². The third-order valence-electron chi connectivity index (χ3n) is 3.22. The number of thioether (sulfide) groups is 1. The topological polar surface area (TPSA) is 49.0 Å². The standard InChI is InChI=1S/C12H16ClF2N3OS/c1-2-18(9-6-16-17-11(9)13)10(19)3-4-20-7-8-5-12(8,14)15/h6,8H,2-5,7H2,1H3,(H,16,17). The van der Waals surface area contributed by atoms with Crippen LogP contribution in [0.4, 0.5) is 14.5 Å². The van der Waals surface area contributed by atoms with E-state index >= 15 is 0 Å². The summed E-state index contributed by atoms with van der Waals surface area (Å²) in [6.07, 6.45) is 1.79. The molecule has 0 aromatic carbocycles. The normalized spacial score (nSPS) is 19.9. The van der Waals surface area contributed by atoms with Gasteiger partial charge < -0.3 is 4.90 Å². The van der Waals surface area contributed by atoms with E-state index in [1.807, 2.05) is 6.92 Å². The molecule has 1 amide bonds. The Morgan fingerprint density at radius 1 is 1.70 bits per heavy atom. The smallest absolute Gasteiger partial charge is 0.252 e. The SMILES string of the molecule is CCN(C(=O)CCSCC1CC1(F)F)c1cn[nH]c1Cl. The average molecular weight is 324 g/mol. The zero-order chi connectivity index (χ0) is 14.8. The number of hydrogen-bond donors (Lipinski definition) is 1. The van der Waals surface area contributed by atoms with Crippen LogP contribution in [0.5, 0.6) is 0 Å². The number of rotatable bonds is 7. The van der Waals surface area contributed by atoms with Crippen LogP contribution in [0.2, 0.25) is 5.15 Å². The van der Waals surface area contributed by atoms with E-state index in [1.165, 1.54) is 22.9 Å². The van der Waals surface area contributed by atoms with Crippen molar-refractivity contribution in [3.8, 4) is 0 Å². The van der Waals surface area contributed by atoms with E-state index in [0.717, 1.165) is 0 Å². The van der Waals surface area contributed by atoms with Gasteiger partial charge in [-0.25, -0.2) is 8.78 Å². The fourth-order valence-electron chi connectivity index (χ4n) is 1.90. The van der Waals surface area contributed by atoms with Crippen molar-refractivity contribution in [2.24, 2.45) is 5.92 Å². The van der Waals surface area contributed by atoms with Gasteiger partial charge in [-0.1, -0.05) is 11.6 Å². The number of H-pyrrole nitrogens is 1. The van der Waals surface area contributed by atoms with E-state index in [0.29, 0.717) is 35.3 Å². The molecule has 112 valence electrons. The number of aromatic amines is 1. The van der Waals surface area contributed by atoms with Crippen LogP contribution in [-0.2, 0) is 4.79 Å². The summed E-state index contributed by atoms with van der Waals surface area (Å²) < 4.78 is 25.4. The molecule has 2 rings (SSSR count). The maximum atomic E-state index is 12.7. The van der Waals surface area contributed by atoms with Gasteiger partial charge >= 0.3 is 0 Å². The maximum absolute atomic E-state index is 12.7. The summed E-state index contributed by atoms with van der Waals surface area (Å²) >= 11 is 7.30. The van der Waals surface area contributed by atoms with E-state index < -0.39 is 11.8 Å². The first kappa shape index (κ1) is 15.6. The molecule has 1 atom stereocenters. The molecule has 20 heavy (non-hydrogen) atoms. The zero-order valence-corrected chi connectivity index (χ0v) is 12.6. The molecule has 1 heterocycles. The molecule has 0 spiro atoms. The number of alkyl halides is 2. The number of carbonyl (C=O) groups is 1. The molecule has 1 aliphatic carbocycles. The number of aromatic nitrogens is 2. The van der Waals surface area contributed by atoms with Crippen molar-refractivity contribution in [2.75, 3.05) is 23.0 Å². The van der Waals surface area contributed by atoms with Crippen molar-refractivity contribution in [1.82, 2.24) is 10.2 Å². The van der Waals surface area contributed by atoms with Gasteiger partial charge in [0, 0.05) is 36.8 Å². The van der Waals surface area contributed by atoms with Gasteiger partial charge in [0.15, 0.2) is 0 Å². The van der Waals surface area contributed by atoms with Gasteiger partial charge in [0.05, 0.1) is 6.20 Å². The minimum absolute atomic E-state index is 0.0142. The molecular weight excluding hydrogens is 308 g/mol. The highest BCUT2D eigenvalue weighted by Gasteiger charge is 2.56. The molecule has 1 aromatic heterocycles. The van der Waals surface area contributed by atoms with Gasteiger partial charge in [-0.05, 0) is 6.92 Å². The highest BCUT2D eigenvalue weighted by Crippen LogP contribution is 2.50. The number of hydrogen-bond acceptors (Lipinski definition) is 3. The number of nitrogens with zero attached hydrogens (tertiary/aromatic N) is 2. The fraction of sp³-hybridized carbons (Fsp3) is 0.667. The first-order chi connectivity index (χ1) is 9.45. The number of carbonyl (C=O) groups excluding carboxylic acids is 1. The second-order valence-electron chi connectivity index (χ2n) is 4.69. The predicted octanol–water partition coefficient (Wildman–Crippen LogP) is 3.19. The lowest BCUT2D eigenvalue weighted by Gasteiger charge is -2.19. The fourth-order valence-corrected chi connectivity index (χ4v) is 3.24. The Labute approximate surface area is 125 Å². The lowest BCUT2D eigenvalue weighted by Crippen LogP contribution is -2.30. The van der Waals surface area contributed by atoms with Crippen LogP contribution in [0, 0.1) is 5.92 Å². The molecule has 0 bridgehead atoms. The van der Waals surface area contributed by atoms with Crippen molar-refractivity contribution < 1.29 is 13.6 Å². The third kappa shape index (κ3) is 3.63. The van der Waals surface area contributed by atoms with Crippen LogP contribution < -0.4 is 4.90 Å². The Hall–Kier alpha value is -0.820. The van der Waals surface area contributed by atoms with Crippen molar-refractivity contribution in [1.29, 1.82) is 0 Å². The molecule has 1 fully saturated rings. The predicted molar refractivity (Wildman–Crippen MR) is 76.6 cm³/mol. The number of amides is 1. The molecular formula is C12H16ClF2N3OS. The highest BCUT2D eigenvalue weighted by atomic mass is 35.5. The van der Waals surface area contributed by atoms with Crippen LogP contribution in [0.1, 0.15) is 19.8 Å². The van der Waals surface area contributed by atoms with Gasteiger partial charge in [-0.15, -0.1) is 0 Å². The van der Waals surface area contributed by atoms with Crippen LogP contribution in [0.3, 0.4) is 0 Å². The van der Waals surface area contributed by atoms with Crippen LogP contribution in [0.15, 0.2) is 6.20 Å². The van der Waals surface area contributed by atoms with E-state index in [1.54, 1.807) is 0 Å². The molecule has 1 aromatic rings. The quantitative estimate of drug-likeness (QED) is 0.784. The zero-order valence-electron chi connectivity index (χ0n) is 11.0. The lowest BCUT2D eigenvalue weighted by molar-refractivity contribution is -0.118. The third-order valence-corrected chi connectivity index (χ3v) is 4.63. The minimum atomic E-state index is -2.48. The molecule has 0 aliphatic heterocycles. The van der Waals surface area contributed by atoms with E-state index in [9.17, 15) is 13.6 Å². The molecule has 1 N–H and O–H groups in total. The molecule has 0 saturated heterocycles. The molecule has 1 aliphatic rings. The van der Waals surface area contributed by atoms with Gasteiger partial charge in [0.25, 0.3) is 5.92 Å². The van der Waals surface area contributed by atoms with Gasteiger partial charge in [-0.3, -0.25) is 9.89 Å². The molecule has 8 heteroatoms. The number of nitrogens with one attached hydrogen (secondary N) is 1. The second kappa shape index (κ2) is 6.30. The largest absolute Gasteiger partial charge is 0.309 e. The summed E-state index contributed by atoms with van der Waals surface area (Å²) in [4.78, 5) is 13.6. The van der Waals surface area contributed by atoms with Crippen molar-refractivity contribution in [3.05, 3.63) is 11.3 Å². The van der Waals surface area contributed by atoms with E-state index in [4.69, 9.17) is 11.6 Å². The summed E-state index contributed by atoms with van der Waals surface area (Å²) in [6, 6.07) is 0. The lowest BCUT2D eigenvalue weighted by atomic mass is 10.3. The summed E-state index contributed by atoms with van der Waals surface area (Å²) in [5.41, 5.74) is 0.554. The first-order valence-electron chi connectivity index (χ1n) is 6.40. The molecule has 0 radical (unpaired) electrons. The Balaban J connectivity index is 1.74. The maximum Gasteiger partial charge on any atom is 0.252 e. The summed E-state index contributed by atoms with van der Waals surface area (Å²) in [6.45, 7) is 2.34. The molecule has 1 unspecified atom stereocenters. The van der Waals surface area contributed by atoms with E-state index in [2.05, 4.69) is 10.2 Å². The van der Waals surface area contributed by atoms with Crippen molar-refractivity contribution in [2.45, 2.75) is 25.7 Å². The highest BCUT2D eigenvalue weighted by molar-refractivity contribution is 7.99. The number of anilines is 1. The minimum Gasteiger partial charge on any atom is -0.309 e. The van der Waals surface area contributed by atoms with Crippen molar-refractivity contribution >= 4 is 35.0 Å². The summed E-state index contributed by atoms with van der Waals surface area (Å²) in [5.74, 6) is -2.11. The first-order valence-corrected chi connectivity index (χ1v) is 7.93. The Morgan fingerprint density at radius 2 is 2.40 bits per heavy atom. The van der Waals surface area contributed by atoms with Gasteiger partial charge in [-0.2, -0.15) is 16.9 Å². The summed E-state index contributed by atoms with van der Waals surface area (Å²) in [7, 11) is 0. The van der Waals surface area contributed by atoms with Gasteiger partial charge in [0.1, 0.15) is 10.8 Å². The Morgan fingerprint density at radius 3 is 2.90 bits per heavy atom. The summed E-state index contributed by atoms with van der Waals surface area (Å²) in [5, 5.41) is 6.67. The van der Waals surface area contributed by atoms with Crippen LogP contribution in [0.25, 0.3) is 0 Å². The van der Waals surface area contributed by atoms with Crippen LogP contribution in [-0.4, -0.2) is 40.1 Å². The van der Waals surface area contributed by atoms with E-state index in [-0.39, 0.29) is 12.3 Å². The molecule has 4 nitrogen and oxygen atoms in total. The number of halogens is 3. The molecule has 1 saturated carbocycles. The van der Waals surface area contributed by atoms with Crippen molar-refractivity contribution in [3.63, 3.8) is 0 Å². The average Bonchev–Trinajstić information content (AvgIpc) is 2.78. The Bertz CT molecular complexity index is 483. The second-order valence-corrected chi connectivity index (χ2v) is 6.22. The monoisotopic (exact) mass is 323 g/mol.